The van der Waals surface area contributed by atoms with E-state index in [-0.39, 0.29) is 5.91 Å². The highest BCUT2D eigenvalue weighted by Gasteiger charge is 2.19. The molecule has 0 radical (unpaired) electrons. The molecule has 1 aliphatic heterocycles. The first kappa shape index (κ1) is 18.9. The summed E-state index contributed by atoms with van der Waals surface area (Å²) in [6.07, 6.45) is 3.62. The lowest BCUT2D eigenvalue weighted by atomic mass is 10.0. The van der Waals surface area contributed by atoms with Gasteiger partial charge in [0.2, 0.25) is 5.91 Å². The van der Waals surface area contributed by atoms with E-state index < -0.39 is 0 Å². The Labute approximate surface area is 171 Å². The third-order valence-corrected chi connectivity index (χ3v) is 5.40. The molecule has 1 fully saturated rings. The van der Waals surface area contributed by atoms with E-state index in [2.05, 4.69) is 29.2 Å². The van der Waals surface area contributed by atoms with Crippen molar-refractivity contribution in [3.63, 3.8) is 0 Å². The Balaban J connectivity index is 1.34. The molecule has 1 amide bonds. The van der Waals surface area contributed by atoms with Crippen molar-refractivity contribution < 1.29 is 4.79 Å². The second-order valence-corrected chi connectivity index (χ2v) is 7.31. The lowest BCUT2D eigenvalue weighted by Crippen LogP contribution is -2.47. The largest absolute Gasteiger partial charge is 0.337 e. The SMILES string of the molecule is N#Cc1ccc(CN2CCN(C(=O)/C=C/c3cccc4ccccc34)CC2)cc1. The molecule has 29 heavy (non-hydrogen) atoms. The van der Waals surface area contributed by atoms with Gasteiger partial charge < -0.3 is 4.90 Å². The van der Waals surface area contributed by atoms with E-state index in [1.807, 2.05) is 59.5 Å². The average Bonchev–Trinajstić information content (AvgIpc) is 2.78. The Hall–Kier alpha value is -3.42. The fraction of sp³-hybridized carbons (Fsp3) is 0.200. The second kappa shape index (κ2) is 8.72. The van der Waals surface area contributed by atoms with E-state index in [1.165, 1.54) is 10.9 Å². The van der Waals surface area contributed by atoms with Gasteiger partial charge in [-0.15, -0.1) is 0 Å². The summed E-state index contributed by atoms with van der Waals surface area (Å²) in [5.74, 6) is 0.0657. The smallest absolute Gasteiger partial charge is 0.246 e. The maximum absolute atomic E-state index is 12.6. The number of nitriles is 1. The van der Waals surface area contributed by atoms with E-state index >= 15 is 0 Å². The molecule has 1 saturated heterocycles. The van der Waals surface area contributed by atoms with Crippen LogP contribution in [0.1, 0.15) is 16.7 Å². The monoisotopic (exact) mass is 381 g/mol. The Morgan fingerprint density at radius 2 is 1.66 bits per heavy atom. The fourth-order valence-corrected chi connectivity index (χ4v) is 3.73. The molecule has 0 bridgehead atoms. The number of hydrogen-bond donors (Lipinski definition) is 0. The number of amides is 1. The van der Waals surface area contributed by atoms with Gasteiger partial charge >= 0.3 is 0 Å². The first-order valence-corrected chi connectivity index (χ1v) is 9.89. The van der Waals surface area contributed by atoms with Crippen molar-refractivity contribution >= 4 is 22.8 Å². The number of fused-ring (bicyclic) bond motifs is 1. The van der Waals surface area contributed by atoms with Crippen LogP contribution in [-0.2, 0) is 11.3 Å². The zero-order valence-corrected chi connectivity index (χ0v) is 16.3. The Morgan fingerprint density at radius 1 is 0.931 bits per heavy atom. The molecular formula is C25H23N3O. The summed E-state index contributed by atoms with van der Waals surface area (Å²) in [5, 5.41) is 11.2. The summed E-state index contributed by atoms with van der Waals surface area (Å²) in [6.45, 7) is 4.02. The molecule has 0 saturated carbocycles. The maximum atomic E-state index is 12.6. The van der Waals surface area contributed by atoms with E-state index in [0.717, 1.165) is 43.7 Å². The summed E-state index contributed by atoms with van der Waals surface area (Å²) < 4.78 is 0. The highest BCUT2D eigenvalue weighted by atomic mass is 16.2. The number of hydrogen-bond acceptors (Lipinski definition) is 3. The Bertz CT molecular complexity index is 1070. The van der Waals surface area contributed by atoms with Crippen molar-refractivity contribution in [1.82, 2.24) is 9.80 Å². The van der Waals surface area contributed by atoms with Crippen molar-refractivity contribution in [2.45, 2.75) is 6.54 Å². The molecule has 0 spiro atoms. The van der Waals surface area contributed by atoms with Crippen LogP contribution in [0.5, 0.6) is 0 Å². The Morgan fingerprint density at radius 3 is 2.41 bits per heavy atom. The van der Waals surface area contributed by atoms with Crippen LogP contribution in [0.25, 0.3) is 16.8 Å². The van der Waals surface area contributed by atoms with Crippen LogP contribution in [0.4, 0.5) is 0 Å². The third kappa shape index (κ3) is 4.53. The minimum Gasteiger partial charge on any atom is -0.337 e. The standard InChI is InChI=1S/C25H23N3O/c26-18-20-8-10-21(11-9-20)19-27-14-16-28(17-15-27)25(29)13-12-23-6-3-5-22-4-1-2-7-24(22)23/h1-13H,14-17,19H2/b13-12+. The summed E-state index contributed by atoms with van der Waals surface area (Å²) in [5.41, 5.74) is 2.94. The molecule has 1 heterocycles. The van der Waals surface area contributed by atoms with Crippen LogP contribution < -0.4 is 0 Å². The average molecular weight is 381 g/mol. The van der Waals surface area contributed by atoms with E-state index in [0.29, 0.717) is 5.56 Å². The van der Waals surface area contributed by atoms with Gasteiger partial charge in [-0.25, -0.2) is 0 Å². The van der Waals surface area contributed by atoms with Crippen LogP contribution in [0.3, 0.4) is 0 Å². The van der Waals surface area contributed by atoms with Crippen LogP contribution in [0.2, 0.25) is 0 Å². The van der Waals surface area contributed by atoms with Crippen molar-refractivity contribution in [2.75, 3.05) is 26.2 Å². The molecule has 0 N–H and O–H groups in total. The van der Waals surface area contributed by atoms with Crippen molar-refractivity contribution in [3.8, 4) is 6.07 Å². The normalized spacial score (nSPS) is 14.9. The van der Waals surface area contributed by atoms with Gasteiger partial charge in [0.1, 0.15) is 0 Å². The molecule has 0 aliphatic carbocycles. The van der Waals surface area contributed by atoms with Gasteiger partial charge in [0.15, 0.2) is 0 Å². The highest BCUT2D eigenvalue weighted by molar-refractivity contribution is 5.96. The molecule has 4 nitrogen and oxygen atoms in total. The summed E-state index contributed by atoms with van der Waals surface area (Å²) in [4.78, 5) is 16.9. The van der Waals surface area contributed by atoms with Crippen molar-refractivity contribution in [2.24, 2.45) is 0 Å². The minimum absolute atomic E-state index is 0.0657. The quantitative estimate of drug-likeness (QED) is 0.640. The minimum atomic E-state index is 0.0657. The first-order chi connectivity index (χ1) is 14.2. The zero-order valence-electron chi connectivity index (χ0n) is 16.3. The van der Waals surface area contributed by atoms with E-state index in [9.17, 15) is 4.79 Å². The molecule has 0 atom stereocenters. The molecule has 0 unspecified atom stereocenters. The Kier molecular flexibility index (Phi) is 5.69. The lowest BCUT2D eigenvalue weighted by Gasteiger charge is -2.34. The van der Waals surface area contributed by atoms with Gasteiger partial charge in [-0.2, -0.15) is 5.26 Å². The van der Waals surface area contributed by atoms with E-state index in [4.69, 9.17) is 5.26 Å². The van der Waals surface area contributed by atoms with Gasteiger partial charge in [0.05, 0.1) is 11.6 Å². The lowest BCUT2D eigenvalue weighted by molar-refractivity contribution is -0.127. The first-order valence-electron chi connectivity index (χ1n) is 9.89. The molecule has 144 valence electrons. The third-order valence-electron chi connectivity index (χ3n) is 5.40. The highest BCUT2D eigenvalue weighted by Crippen LogP contribution is 2.20. The zero-order chi connectivity index (χ0) is 20.1. The molecule has 1 aliphatic rings. The maximum Gasteiger partial charge on any atom is 0.246 e. The van der Waals surface area contributed by atoms with Gasteiger partial charge in [-0.1, -0.05) is 54.6 Å². The number of carbonyl (C=O) groups excluding carboxylic acids is 1. The molecular weight excluding hydrogens is 358 g/mol. The van der Waals surface area contributed by atoms with Gasteiger partial charge in [0, 0.05) is 38.8 Å². The molecule has 4 rings (SSSR count). The molecule has 3 aromatic rings. The summed E-state index contributed by atoms with van der Waals surface area (Å²) >= 11 is 0. The predicted octanol–water partition coefficient (Wildman–Crippen LogP) is 4.07. The summed E-state index contributed by atoms with van der Waals surface area (Å²) in [6, 6.07) is 24.2. The molecule has 4 heteroatoms. The van der Waals surface area contributed by atoms with Crippen LogP contribution >= 0.6 is 0 Å². The van der Waals surface area contributed by atoms with Gasteiger partial charge in [-0.3, -0.25) is 9.69 Å². The van der Waals surface area contributed by atoms with Crippen LogP contribution in [0.15, 0.2) is 72.8 Å². The summed E-state index contributed by atoms with van der Waals surface area (Å²) in [7, 11) is 0. The topological polar surface area (TPSA) is 47.3 Å². The van der Waals surface area contributed by atoms with E-state index in [1.54, 1.807) is 6.08 Å². The van der Waals surface area contributed by atoms with Gasteiger partial charge in [0.25, 0.3) is 0 Å². The second-order valence-electron chi connectivity index (χ2n) is 7.31. The number of benzene rings is 3. The van der Waals surface area contributed by atoms with Crippen LogP contribution in [-0.4, -0.2) is 41.9 Å². The van der Waals surface area contributed by atoms with Crippen molar-refractivity contribution in [3.05, 3.63) is 89.5 Å². The molecule has 3 aromatic carbocycles. The van der Waals surface area contributed by atoms with Gasteiger partial charge in [-0.05, 0) is 40.1 Å². The fourth-order valence-electron chi connectivity index (χ4n) is 3.73. The number of nitrogens with zero attached hydrogens (tertiary/aromatic N) is 3. The van der Waals surface area contributed by atoms with Crippen molar-refractivity contribution in [1.29, 1.82) is 5.26 Å². The molecule has 0 aromatic heterocycles. The number of carbonyl (C=O) groups is 1. The van der Waals surface area contributed by atoms with Crippen LogP contribution in [0, 0.1) is 11.3 Å². The number of piperazine rings is 1. The number of rotatable bonds is 4. The predicted molar refractivity (Wildman–Crippen MR) is 116 cm³/mol.